The van der Waals surface area contributed by atoms with Gasteiger partial charge in [-0.15, -0.1) is 12.4 Å². The van der Waals surface area contributed by atoms with Crippen molar-refractivity contribution in [3.8, 4) is 5.69 Å². The zero-order chi connectivity index (χ0) is 16.5. The van der Waals surface area contributed by atoms with Crippen LogP contribution in [0, 0.1) is 12.3 Å². The minimum atomic E-state index is -0.730. The van der Waals surface area contributed by atoms with Gasteiger partial charge in [0.15, 0.2) is 0 Å². The lowest BCUT2D eigenvalue weighted by Gasteiger charge is -2.20. The SMILES string of the molecule is Cc1c(NC(=O)C(C)(C)CN)c(=O)n(-c2ccccc2)n1C.Cl. The van der Waals surface area contributed by atoms with E-state index in [1.807, 2.05) is 30.3 Å². The third-order valence-corrected chi connectivity index (χ3v) is 3.92. The van der Waals surface area contributed by atoms with Crippen LogP contribution in [-0.2, 0) is 11.8 Å². The lowest BCUT2D eigenvalue weighted by molar-refractivity contribution is -0.123. The number of aromatic nitrogens is 2. The molecule has 1 aromatic carbocycles. The molecule has 0 aliphatic carbocycles. The molecule has 7 heteroatoms. The molecule has 1 aromatic heterocycles. The lowest BCUT2D eigenvalue weighted by Crippen LogP contribution is -2.38. The molecule has 2 rings (SSSR count). The third-order valence-electron chi connectivity index (χ3n) is 3.92. The highest BCUT2D eigenvalue weighted by Gasteiger charge is 2.28. The van der Waals surface area contributed by atoms with E-state index in [2.05, 4.69) is 5.32 Å². The number of carbonyl (C=O) groups is 1. The van der Waals surface area contributed by atoms with E-state index >= 15 is 0 Å². The monoisotopic (exact) mass is 338 g/mol. The average molecular weight is 339 g/mol. The first-order valence-electron chi connectivity index (χ1n) is 7.15. The van der Waals surface area contributed by atoms with Crippen LogP contribution in [0.1, 0.15) is 19.5 Å². The van der Waals surface area contributed by atoms with E-state index in [-0.39, 0.29) is 36.1 Å². The van der Waals surface area contributed by atoms with Gasteiger partial charge in [0, 0.05) is 13.6 Å². The first-order valence-corrected chi connectivity index (χ1v) is 7.15. The molecular formula is C16H23ClN4O2. The quantitative estimate of drug-likeness (QED) is 0.892. The summed E-state index contributed by atoms with van der Waals surface area (Å²) in [6.45, 7) is 5.50. The molecule has 1 amide bonds. The van der Waals surface area contributed by atoms with E-state index in [0.717, 1.165) is 5.69 Å². The number of rotatable bonds is 4. The van der Waals surface area contributed by atoms with Gasteiger partial charge in [0.2, 0.25) is 5.91 Å². The fourth-order valence-electron chi connectivity index (χ4n) is 2.09. The number of carbonyl (C=O) groups excluding carboxylic acids is 1. The van der Waals surface area contributed by atoms with E-state index in [4.69, 9.17) is 5.73 Å². The standard InChI is InChI=1S/C16H22N4O2.ClH/c1-11-13(18-15(22)16(2,3)10-17)14(21)20(19(11)4)12-8-6-5-7-9-12;/h5-9H,10,17H2,1-4H3,(H,18,22);1H. The number of anilines is 1. The van der Waals surface area contributed by atoms with E-state index in [9.17, 15) is 9.59 Å². The number of nitrogens with two attached hydrogens (primary N) is 1. The maximum absolute atomic E-state index is 12.7. The first-order chi connectivity index (χ1) is 10.3. The number of para-hydroxylation sites is 1. The van der Waals surface area contributed by atoms with Crippen molar-refractivity contribution < 1.29 is 4.79 Å². The van der Waals surface area contributed by atoms with Gasteiger partial charge in [0.25, 0.3) is 5.56 Å². The summed E-state index contributed by atoms with van der Waals surface area (Å²) in [5.41, 5.74) is 6.35. The first kappa shape index (κ1) is 19.0. The highest BCUT2D eigenvalue weighted by Crippen LogP contribution is 2.19. The van der Waals surface area contributed by atoms with Crippen molar-refractivity contribution >= 4 is 24.0 Å². The number of hydrogen-bond donors (Lipinski definition) is 2. The van der Waals surface area contributed by atoms with Gasteiger partial charge in [-0.3, -0.25) is 14.3 Å². The summed E-state index contributed by atoms with van der Waals surface area (Å²) < 4.78 is 3.25. The molecule has 0 spiro atoms. The topological polar surface area (TPSA) is 82.1 Å². The van der Waals surface area contributed by atoms with Crippen LogP contribution in [0.5, 0.6) is 0 Å². The van der Waals surface area contributed by atoms with Gasteiger partial charge in [-0.05, 0) is 32.9 Å². The maximum atomic E-state index is 12.7. The number of nitrogens with zero attached hydrogens (tertiary/aromatic N) is 2. The Morgan fingerprint density at radius 2 is 1.83 bits per heavy atom. The summed E-state index contributed by atoms with van der Waals surface area (Å²) in [5, 5.41) is 2.73. The summed E-state index contributed by atoms with van der Waals surface area (Å²) in [6, 6.07) is 9.29. The van der Waals surface area contributed by atoms with Crippen LogP contribution in [-0.4, -0.2) is 21.8 Å². The van der Waals surface area contributed by atoms with Gasteiger partial charge in [-0.1, -0.05) is 18.2 Å². The fourth-order valence-corrected chi connectivity index (χ4v) is 2.09. The fraction of sp³-hybridized carbons (Fsp3) is 0.375. The minimum absolute atomic E-state index is 0. The Morgan fingerprint density at radius 3 is 2.35 bits per heavy atom. The summed E-state index contributed by atoms with van der Waals surface area (Å²) in [7, 11) is 1.79. The number of benzene rings is 1. The number of nitrogens with one attached hydrogen (secondary N) is 1. The Balaban J connectivity index is 0.00000264. The summed E-state index contributed by atoms with van der Waals surface area (Å²) >= 11 is 0. The van der Waals surface area contributed by atoms with Crippen LogP contribution in [0.25, 0.3) is 5.69 Å². The highest BCUT2D eigenvalue weighted by molar-refractivity contribution is 5.95. The summed E-state index contributed by atoms with van der Waals surface area (Å²) in [6.07, 6.45) is 0. The second-order valence-corrected chi connectivity index (χ2v) is 5.98. The van der Waals surface area contributed by atoms with Crippen molar-refractivity contribution in [1.29, 1.82) is 0 Å². The van der Waals surface area contributed by atoms with Gasteiger partial charge in [0.1, 0.15) is 5.69 Å². The van der Waals surface area contributed by atoms with Crippen molar-refractivity contribution in [3.05, 3.63) is 46.4 Å². The molecule has 0 aliphatic heterocycles. The molecule has 23 heavy (non-hydrogen) atoms. The Hall–Kier alpha value is -2.05. The van der Waals surface area contributed by atoms with Crippen LogP contribution in [0.2, 0.25) is 0 Å². The number of amides is 1. The van der Waals surface area contributed by atoms with Gasteiger partial charge in [0.05, 0.1) is 16.8 Å². The molecule has 1 heterocycles. The van der Waals surface area contributed by atoms with Crippen LogP contribution >= 0.6 is 12.4 Å². The highest BCUT2D eigenvalue weighted by atomic mass is 35.5. The number of halogens is 1. The van der Waals surface area contributed by atoms with Gasteiger partial charge < -0.3 is 11.1 Å². The summed E-state index contributed by atoms with van der Waals surface area (Å²) in [5.74, 6) is -0.263. The van der Waals surface area contributed by atoms with Crippen molar-refractivity contribution in [1.82, 2.24) is 9.36 Å². The maximum Gasteiger partial charge on any atom is 0.295 e. The normalized spacial score (nSPS) is 11.0. The van der Waals surface area contributed by atoms with Crippen LogP contribution in [0.3, 0.4) is 0 Å². The predicted molar refractivity (Wildman–Crippen MR) is 94.5 cm³/mol. The lowest BCUT2D eigenvalue weighted by atomic mass is 9.92. The van der Waals surface area contributed by atoms with Crippen LogP contribution in [0.15, 0.2) is 35.1 Å². The van der Waals surface area contributed by atoms with Gasteiger partial charge in [-0.25, -0.2) is 4.68 Å². The molecule has 0 aliphatic rings. The molecular weight excluding hydrogens is 316 g/mol. The smallest absolute Gasteiger partial charge is 0.295 e. The van der Waals surface area contributed by atoms with Crippen molar-refractivity contribution in [2.75, 3.05) is 11.9 Å². The molecule has 0 unspecified atom stereocenters. The van der Waals surface area contributed by atoms with Crippen molar-refractivity contribution in [2.45, 2.75) is 20.8 Å². The molecule has 0 atom stereocenters. The molecule has 0 saturated carbocycles. The predicted octanol–water partition coefficient (Wildman–Crippen LogP) is 1.83. The molecule has 2 aromatic rings. The second-order valence-electron chi connectivity index (χ2n) is 5.98. The van der Waals surface area contributed by atoms with Gasteiger partial charge in [-0.2, -0.15) is 0 Å². The number of hydrogen-bond acceptors (Lipinski definition) is 3. The molecule has 0 saturated heterocycles. The largest absolute Gasteiger partial charge is 0.329 e. The molecule has 6 nitrogen and oxygen atoms in total. The molecule has 3 N–H and O–H groups in total. The molecule has 0 bridgehead atoms. The Bertz CT molecular complexity index is 747. The van der Waals surface area contributed by atoms with Crippen LogP contribution < -0.4 is 16.6 Å². The summed E-state index contributed by atoms with van der Waals surface area (Å²) in [4.78, 5) is 24.9. The molecule has 0 fully saturated rings. The Morgan fingerprint density at radius 1 is 1.26 bits per heavy atom. The Kier molecular flexibility index (Phi) is 5.80. The van der Waals surface area contributed by atoms with Crippen LogP contribution in [0.4, 0.5) is 5.69 Å². The zero-order valence-corrected chi connectivity index (χ0v) is 14.6. The second kappa shape index (κ2) is 7.02. The van der Waals surface area contributed by atoms with Crippen molar-refractivity contribution in [3.63, 3.8) is 0 Å². The van der Waals surface area contributed by atoms with E-state index in [0.29, 0.717) is 5.69 Å². The van der Waals surface area contributed by atoms with E-state index < -0.39 is 5.41 Å². The average Bonchev–Trinajstić information content (AvgIpc) is 2.71. The van der Waals surface area contributed by atoms with E-state index in [1.54, 1.807) is 32.5 Å². The third kappa shape index (κ3) is 3.48. The van der Waals surface area contributed by atoms with E-state index in [1.165, 1.54) is 4.68 Å². The molecule has 126 valence electrons. The zero-order valence-electron chi connectivity index (χ0n) is 13.8. The minimum Gasteiger partial charge on any atom is -0.329 e. The van der Waals surface area contributed by atoms with Gasteiger partial charge >= 0.3 is 0 Å². The Labute approximate surface area is 141 Å². The molecule has 0 radical (unpaired) electrons. The van der Waals surface area contributed by atoms with Crippen molar-refractivity contribution in [2.24, 2.45) is 18.2 Å².